The zero-order chi connectivity index (χ0) is 16.5. The van der Waals surface area contributed by atoms with E-state index in [1.165, 1.54) is 31.2 Å². The highest BCUT2D eigenvalue weighted by Gasteiger charge is 2.22. The average molecular weight is 385 g/mol. The van der Waals surface area contributed by atoms with E-state index in [1.54, 1.807) is 12.1 Å². The molecule has 0 aliphatic heterocycles. The minimum atomic E-state index is -3.80. The molecule has 22 heavy (non-hydrogen) atoms. The normalized spacial score (nSPS) is 11.2. The summed E-state index contributed by atoms with van der Waals surface area (Å²) in [5, 5.41) is 11.1. The Morgan fingerprint density at radius 2 is 1.68 bits per heavy atom. The van der Waals surface area contributed by atoms with Gasteiger partial charge in [-0.3, -0.25) is 14.8 Å². The minimum Gasteiger partial charge on any atom is -0.279 e. The molecule has 2 rings (SSSR count). The molecule has 0 unspecified atom stereocenters. The van der Waals surface area contributed by atoms with Crippen molar-refractivity contribution in [1.29, 1.82) is 0 Å². The van der Waals surface area contributed by atoms with Crippen LogP contribution in [0.2, 0.25) is 0 Å². The number of nitro benzene ring substituents is 1. The molecular weight excluding hydrogens is 372 g/mol. The summed E-state index contributed by atoms with van der Waals surface area (Å²) in [6.45, 7) is 3.35. The SMILES string of the molecule is Cc1ccc(S(=O)(=O)Nc2ccc(Br)c([N+](=O)[O-])c2C)cc1. The minimum absolute atomic E-state index is 0.100. The number of nitrogens with one attached hydrogen (secondary N) is 1. The summed E-state index contributed by atoms with van der Waals surface area (Å²) in [4.78, 5) is 10.6. The number of nitro groups is 1. The monoisotopic (exact) mass is 384 g/mol. The number of anilines is 1. The fraction of sp³-hybridized carbons (Fsp3) is 0.143. The molecule has 0 aliphatic carbocycles. The Morgan fingerprint density at radius 1 is 1.09 bits per heavy atom. The standard InChI is InChI=1S/C14H13BrN2O4S/c1-9-3-5-11(6-4-9)22(20,21)16-13-8-7-12(15)14(10(13)2)17(18)19/h3-8,16H,1-2H3. The first-order valence-electron chi connectivity index (χ1n) is 6.25. The summed E-state index contributed by atoms with van der Waals surface area (Å²) < 4.78 is 27.4. The van der Waals surface area contributed by atoms with Crippen molar-refractivity contribution < 1.29 is 13.3 Å². The van der Waals surface area contributed by atoms with Gasteiger partial charge in [0.1, 0.15) is 0 Å². The zero-order valence-corrected chi connectivity index (χ0v) is 14.2. The molecule has 2 aromatic carbocycles. The number of nitrogens with zero attached hydrogens (tertiary/aromatic N) is 1. The van der Waals surface area contributed by atoms with E-state index in [1.807, 2.05) is 6.92 Å². The van der Waals surface area contributed by atoms with Crippen molar-refractivity contribution in [1.82, 2.24) is 0 Å². The van der Waals surface area contributed by atoms with Gasteiger partial charge in [-0.25, -0.2) is 8.42 Å². The summed E-state index contributed by atoms with van der Waals surface area (Å²) in [5.41, 5.74) is 1.20. The first kappa shape index (κ1) is 16.4. The van der Waals surface area contributed by atoms with Gasteiger partial charge < -0.3 is 0 Å². The van der Waals surface area contributed by atoms with Crippen molar-refractivity contribution in [3.8, 4) is 0 Å². The third kappa shape index (κ3) is 3.28. The molecule has 0 aliphatic rings. The van der Waals surface area contributed by atoms with Gasteiger partial charge in [-0.2, -0.15) is 0 Å². The number of aryl methyl sites for hydroxylation is 1. The fourth-order valence-electron chi connectivity index (χ4n) is 1.92. The van der Waals surface area contributed by atoms with Gasteiger partial charge in [0.05, 0.1) is 25.5 Å². The highest BCUT2D eigenvalue weighted by molar-refractivity contribution is 9.10. The van der Waals surface area contributed by atoms with Gasteiger partial charge in [0, 0.05) is 0 Å². The highest BCUT2D eigenvalue weighted by atomic mass is 79.9. The molecule has 2 aromatic rings. The van der Waals surface area contributed by atoms with Gasteiger partial charge in [-0.05, 0) is 54.0 Å². The summed E-state index contributed by atoms with van der Waals surface area (Å²) in [6, 6.07) is 9.27. The number of halogens is 1. The highest BCUT2D eigenvalue weighted by Crippen LogP contribution is 2.34. The Bertz CT molecular complexity index is 833. The second kappa shape index (κ2) is 6.05. The molecule has 0 bridgehead atoms. The molecule has 0 radical (unpaired) electrons. The maximum atomic E-state index is 12.3. The third-order valence-electron chi connectivity index (χ3n) is 3.14. The Labute approximate surface area is 136 Å². The van der Waals surface area contributed by atoms with Crippen molar-refractivity contribution in [3.63, 3.8) is 0 Å². The van der Waals surface area contributed by atoms with Crippen LogP contribution in [-0.2, 0) is 10.0 Å². The van der Waals surface area contributed by atoms with Crippen molar-refractivity contribution in [2.24, 2.45) is 0 Å². The van der Waals surface area contributed by atoms with E-state index in [9.17, 15) is 18.5 Å². The molecule has 0 fully saturated rings. The van der Waals surface area contributed by atoms with Crippen LogP contribution in [0.5, 0.6) is 0 Å². The lowest BCUT2D eigenvalue weighted by Gasteiger charge is -2.11. The summed E-state index contributed by atoms with van der Waals surface area (Å²) >= 11 is 3.10. The fourth-order valence-corrected chi connectivity index (χ4v) is 3.62. The van der Waals surface area contributed by atoms with E-state index in [0.717, 1.165) is 5.56 Å². The first-order chi connectivity index (χ1) is 10.2. The van der Waals surface area contributed by atoms with E-state index in [2.05, 4.69) is 20.7 Å². The van der Waals surface area contributed by atoms with Crippen molar-refractivity contribution in [2.45, 2.75) is 18.7 Å². The van der Waals surface area contributed by atoms with Crippen LogP contribution in [-0.4, -0.2) is 13.3 Å². The zero-order valence-electron chi connectivity index (χ0n) is 11.8. The first-order valence-corrected chi connectivity index (χ1v) is 8.53. The summed E-state index contributed by atoms with van der Waals surface area (Å²) in [7, 11) is -3.80. The van der Waals surface area contributed by atoms with Crippen LogP contribution in [0.1, 0.15) is 11.1 Å². The Kier molecular flexibility index (Phi) is 4.52. The lowest BCUT2D eigenvalue weighted by molar-refractivity contribution is -0.386. The lowest BCUT2D eigenvalue weighted by atomic mass is 10.2. The van der Waals surface area contributed by atoms with Crippen LogP contribution in [0.15, 0.2) is 45.8 Å². The molecule has 116 valence electrons. The Hall–Kier alpha value is -1.93. The molecule has 0 atom stereocenters. The van der Waals surface area contributed by atoms with Crippen LogP contribution >= 0.6 is 15.9 Å². The van der Waals surface area contributed by atoms with E-state index >= 15 is 0 Å². The van der Waals surface area contributed by atoms with E-state index < -0.39 is 14.9 Å². The Morgan fingerprint density at radius 3 is 2.23 bits per heavy atom. The van der Waals surface area contributed by atoms with Crippen molar-refractivity contribution in [2.75, 3.05) is 4.72 Å². The van der Waals surface area contributed by atoms with Crippen molar-refractivity contribution >= 4 is 37.3 Å². The Balaban J connectivity index is 2.44. The second-order valence-corrected chi connectivity index (χ2v) is 7.28. The molecule has 0 spiro atoms. The molecular formula is C14H13BrN2O4S. The van der Waals surface area contributed by atoms with Gasteiger partial charge in [0.15, 0.2) is 0 Å². The smallest absolute Gasteiger partial charge is 0.279 e. The summed E-state index contributed by atoms with van der Waals surface area (Å²) in [5.74, 6) is 0. The van der Waals surface area contributed by atoms with Crippen molar-refractivity contribution in [3.05, 3.63) is 62.1 Å². The van der Waals surface area contributed by atoms with Gasteiger partial charge in [-0.1, -0.05) is 17.7 Å². The van der Waals surface area contributed by atoms with Gasteiger partial charge >= 0.3 is 0 Å². The molecule has 0 aromatic heterocycles. The number of hydrogen-bond donors (Lipinski definition) is 1. The molecule has 8 heteroatoms. The van der Waals surface area contributed by atoms with Crippen LogP contribution in [0.4, 0.5) is 11.4 Å². The van der Waals surface area contributed by atoms with Crippen LogP contribution in [0, 0.1) is 24.0 Å². The largest absolute Gasteiger partial charge is 0.288 e. The maximum absolute atomic E-state index is 12.3. The van der Waals surface area contributed by atoms with Crippen LogP contribution < -0.4 is 4.72 Å². The predicted octanol–water partition coefficient (Wildman–Crippen LogP) is 3.77. The third-order valence-corrected chi connectivity index (χ3v) is 5.16. The van der Waals surface area contributed by atoms with E-state index in [0.29, 0.717) is 4.47 Å². The summed E-state index contributed by atoms with van der Waals surface area (Å²) in [6.07, 6.45) is 0. The van der Waals surface area contributed by atoms with Gasteiger partial charge in [0.2, 0.25) is 0 Å². The molecule has 0 heterocycles. The second-order valence-electron chi connectivity index (χ2n) is 4.74. The predicted molar refractivity (Wildman–Crippen MR) is 87.5 cm³/mol. The van der Waals surface area contributed by atoms with Gasteiger partial charge in [-0.15, -0.1) is 0 Å². The topological polar surface area (TPSA) is 89.3 Å². The van der Waals surface area contributed by atoms with Crippen LogP contribution in [0.25, 0.3) is 0 Å². The molecule has 0 saturated carbocycles. The number of hydrogen-bond acceptors (Lipinski definition) is 4. The molecule has 0 saturated heterocycles. The van der Waals surface area contributed by atoms with Crippen LogP contribution in [0.3, 0.4) is 0 Å². The average Bonchev–Trinajstić information content (AvgIpc) is 2.42. The molecule has 0 amide bonds. The van der Waals surface area contributed by atoms with Gasteiger partial charge in [0.25, 0.3) is 15.7 Å². The quantitative estimate of drug-likeness (QED) is 0.641. The maximum Gasteiger partial charge on any atom is 0.288 e. The number of sulfonamides is 1. The number of rotatable bonds is 4. The number of benzene rings is 2. The molecule has 1 N–H and O–H groups in total. The molecule has 6 nitrogen and oxygen atoms in total. The lowest BCUT2D eigenvalue weighted by Crippen LogP contribution is -2.14. The van der Waals surface area contributed by atoms with E-state index in [4.69, 9.17) is 0 Å². The van der Waals surface area contributed by atoms with E-state index in [-0.39, 0.29) is 21.8 Å².